The summed E-state index contributed by atoms with van der Waals surface area (Å²) in [5.74, 6) is 0.903. The second-order valence-electron chi connectivity index (χ2n) is 5.28. The first-order valence-electron chi connectivity index (χ1n) is 6.65. The predicted molar refractivity (Wildman–Crippen MR) is 74.2 cm³/mol. The van der Waals surface area contributed by atoms with Crippen LogP contribution in [0.1, 0.15) is 24.0 Å². The smallest absolute Gasteiger partial charge is 0.244 e. The maximum Gasteiger partial charge on any atom is 0.244 e. The van der Waals surface area contributed by atoms with Crippen LogP contribution in [0.5, 0.6) is 0 Å². The average molecular weight is 311 g/mol. The Morgan fingerprint density at radius 2 is 2.24 bits per heavy atom. The number of furan rings is 1. The van der Waals surface area contributed by atoms with Crippen molar-refractivity contribution in [3.05, 3.63) is 36.0 Å². The summed E-state index contributed by atoms with van der Waals surface area (Å²) in [6, 6.07) is 2.46. The normalized spacial score (nSPS) is 25.8. The number of hydrogen-bond donors (Lipinski definition) is 2. The quantitative estimate of drug-likeness (QED) is 0.868. The number of nitrogens with one attached hydrogen (secondary N) is 1. The van der Waals surface area contributed by atoms with Gasteiger partial charge in [-0.3, -0.25) is 4.68 Å². The predicted octanol–water partition coefficient (Wildman–Crippen LogP) is 0.746. The van der Waals surface area contributed by atoms with Crippen molar-refractivity contribution in [3.8, 4) is 0 Å². The Morgan fingerprint density at radius 3 is 2.76 bits per heavy atom. The third-order valence-corrected chi connectivity index (χ3v) is 5.32. The van der Waals surface area contributed by atoms with E-state index in [1.54, 1.807) is 37.0 Å². The topological polar surface area (TPSA) is 97.4 Å². The summed E-state index contributed by atoms with van der Waals surface area (Å²) in [6.45, 7) is 3.31. The molecular weight excluding hydrogens is 294 g/mol. The molecule has 21 heavy (non-hydrogen) atoms. The van der Waals surface area contributed by atoms with Gasteiger partial charge in [0.1, 0.15) is 16.4 Å². The molecule has 2 heterocycles. The molecule has 0 radical (unpaired) electrons. The Kier molecular flexibility index (Phi) is 3.39. The van der Waals surface area contributed by atoms with E-state index in [4.69, 9.17) is 4.42 Å². The molecule has 1 aliphatic carbocycles. The molecule has 114 valence electrons. The Morgan fingerprint density at radius 1 is 1.48 bits per heavy atom. The van der Waals surface area contributed by atoms with Gasteiger partial charge in [0.25, 0.3) is 0 Å². The minimum Gasteiger partial charge on any atom is -0.465 e. The van der Waals surface area contributed by atoms with Crippen molar-refractivity contribution in [3.63, 3.8) is 0 Å². The zero-order valence-corrected chi connectivity index (χ0v) is 12.5. The minimum absolute atomic E-state index is 0.139. The van der Waals surface area contributed by atoms with Crippen molar-refractivity contribution in [2.24, 2.45) is 0 Å². The van der Waals surface area contributed by atoms with E-state index in [2.05, 4.69) is 9.82 Å². The second kappa shape index (κ2) is 4.97. The molecule has 1 fully saturated rings. The van der Waals surface area contributed by atoms with Crippen LogP contribution in [0.4, 0.5) is 0 Å². The summed E-state index contributed by atoms with van der Waals surface area (Å²) < 4.78 is 34.3. The highest BCUT2D eigenvalue weighted by molar-refractivity contribution is 7.89. The first kappa shape index (κ1) is 14.3. The summed E-state index contributed by atoms with van der Waals surface area (Å²) >= 11 is 0. The van der Waals surface area contributed by atoms with Gasteiger partial charge in [-0.25, -0.2) is 13.1 Å². The number of aryl methyl sites for hydroxylation is 2. The van der Waals surface area contributed by atoms with Crippen LogP contribution < -0.4 is 4.72 Å². The van der Waals surface area contributed by atoms with Crippen LogP contribution in [0.25, 0.3) is 0 Å². The monoisotopic (exact) mass is 311 g/mol. The highest BCUT2D eigenvalue weighted by Crippen LogP contribution is 2.33. The number of nitrogens with zero attached hydrogens (tertiary/aromatic N) is 2. The summed E-state index contributed by atoms with van der Waals surface area (Å²) in [6.07, 6.45) is 3.06. The van der Waals surface area contributed by atoms with Crippen molar-refractivity contribution in [1.29, 1.82) is 0 Å². The molecule has 1 aliphatic rings. The maximum atomic E-state index is 12.4. The molecule has 0 spiro atoms. The SMILES string of the molecule is Cc1cc(S(=O)(=O)N[C@H]2C[C@@H](O)[C@@H]2n2cccn2)c(C)o1. The van der Waals surface area contributed by atoms with Crippen LogP contribution in [0.2, 0.25) is 0 Å². The van der Waals surface area contributed by atoms with Crippen molar-refractivity contribution in [2.75, 3.05) is 0 Å². The fourth-order valence-electron chi connectivity index (χ4n) is 2.68. The molecule has 0 aliphatic heterocycles. The molecular formula is C13H17N3O4S. The van der Waals surface area contributed by atoms with E-state index in [0.29, 0.717) is 17.9 Å². The summed E-state index contributed by atoms with van der Waals surface area (Å²) in [4.78, 5) is 0.139. The highest BCUT2D eigenvalue weighted by atomic mass is 32.2. The Labute approximate surface area is 122 Å². The van der Waals surface area contributed by atoms with E-state index in [1.165, 1.54) is 6.07 Å². The molecule has 0 unspecified atom stereocenters. The van der Waals surface area contributed by atoms with Gasteiger partial charge in [0.05, 0.1) is 12.1 Å². The van der Waals surface area contributed by atoms with E-state index < -0.39 is 16.1 Å². The molecule has 1 saturated carbocycles. The van der Waals surface area contributed by atoms with Crippen molar-refractivity contribution < 1.29 is 17.9 Å². The lowest BCUT2D eigenvalue weighted by molar-refractivity contribution is 0.000537. The highest BCUT2D eigenvalue weighted by Gasteiger charge is 2.44. The van der Waals surface area contributed by atoms with E-state index >= 15 is 0 Å². The maximum absolute atomic E-state index is 12.4. The van der Waals surface area contributed by atoms with Gasteiger partial charge in [0, 0.05) is 18.4 Å². The summed E-state index contributed by atoms with van der Waals surface area (Å²) in [5.41, 5.74) is 0. The lowest BCUT2D eigenvalue weighted by Gasteiger charge is -2.41. The third kappa shape index (κ3) is 2.50. The molecule has 8 heteroatoms. The molecule has 2 N–H and O–H groups in total. The number of sulfonamides is 1. The molecule has 0 aromatic carbocycles. The molecule has 7 nitrogen and oxygen atoms in total. The Bertz CT molecular complexity index is 736. The molecule has 2 aromatic heterocycles. The fourth-order valence-corrected chi connectivity index (χ4v) is 4.19. The van der Waals surface area contributed by atoms with Gasteiger partial charge in [-0.2, -0.15) is 5.10 Å². The number of hydrogen-bond acceptors (Lipinski definition) is 5. The van der Waals surface area contributed by atoms with Crippen LogP contribution in [0.15, 0.2) is 33.8 Å². The zero-order chi connectivity index (χ0) is 15.2. The van der Waals surface area contributed by atoms with Gasteiger partial charge in [0.2, 0.25) is 10.0 Å². The first-order chi connectivity index (χ1) is 9.88. The lowest BCUT2D eigenvalue weighted by Crippen LogP contribution is -2.56. The molecule has 3 atom stereocenters. The molecule has 3 rings (SSSR count). The van der Waals surface area contributed by atoms with E-state index in [-0.39, 0.29) is 17.0 Å². The van der Waals surface area contributed by atoms with Crippen molar-refractivity contribution >= 4 is 10.0 Å². The van der Waals surface area contributed by atoms with Crippen LogP contribution in [-0.4, -0.2) is 35.5 Å². The Hall–Kier alpha value is -1.64. The first-order valence-corrected chi connectivity index (χ1v) is 8.13. The van der Waals surface area contributed by atoms with Gasteiger partial charge in [-0.1, -0.05) is 0 Å². The molecule has 0 saturated heterocycles. The Balaban J connectivity index is 1.82. The number of aromatic nitrogens is 2. The third-order valence-electron chi connectivity index (χ3n) is 3.72. The second-order valence-corrected chi connectivity index (χ2v) is 6.97. The van der Waals surface area contributed by atoms with Crippen molar-refractivity contribution in [2.45, 2.75) is 43.4 Å². The largest absolute Gasteiger partial charge is 0.465 e. The van der Waals surface area contributed by atoms with Gasteiger partial charge in [-0.05, 0) is 32.4 Å². The number of aliphatic hydroxyl groups is 1. The molecule has 0 bridgehead atoms. The lowest BCUT2D eigenvalue weighted by atomic mass is 9.84. The van der Waals surface area contributed by atoms with Crippen LogP contribution in [0.3, 0.4) is 0 Å². The van der Waals surface area contributed by atoms with Gasteiger partial charge in [0.15, 0.2) is 0 Å². The van der Waals surface area contributed by atoms with Gasteiger partial charge >= 0.3 is 0 Å². The van der Waals surface area contributed by atoms with Crippen LogP contribution in [0, 0.1) is 13.8 Å². The molecule has 2 aromatic rings. The average Bonchev–Trinajstić information content (AvgIpc) is 2.98. The fraction of sp³-hybridized carbons (Fsp3) is 0.462. The standard InChI is InChI=1S/C13H17N3O4S/c1-8-6-12(9(2)20-8)21(18,19)15-10-7-11(17)13(10)16-5-3-4-14-16/h3-6,10-11,13,15,17H,7H2,1-2H3/t10-,11+,13+/m0/s1. The number of aliphatic hydroxyl groups excluding tert-OH is 1. The van der Waals surface area contributed by atoms with Crippen LogP contribution in [-0.2, 0) is 10.0 Å². The van der Waals surface area contributed by atoms with Crippen molar-refractivity contribution in [1.82, 2.24) is 14.5 Å². The van der Waals surface area contributed by atoms with Crippen LogP contribution >= 0.6 is 0 Å². The van der Waals surface area contributed by atoms with E-state index in [1.807, 2.05) is 0 Å². The van der Waals surface area contributed by atoms with E-state index in [9.17, 15) is 13.5 Å². The summed E-state index contributed by atoms with van der Waals surface area (Å²) in [5, 5.41) is 13.9. The number of rotatable bonds is 4. The minimum atomic E-state index is -3.67. The molecule has 0 amide bonds. The summed E-state index contributed by atoms with van der Waals surface area (Å²) in [7, 11) is -3.67. The van der Waals surface area contributed by atoms with Gasteiger partial charge < -0.3 is 9.52 Å². The van der Waals surface area contributed by atoms with E-state index in [0.717, 1.165) is 0 Å². The van der Waals surface area contributed by atoms with Gasteiger partial charge in [-0.15, -0.1) is 0 Å². The zero-order valence-electron chi connectivity index (χ0n) is 11.7.